The number of imidazole rings is 1. The molecule has 0 unspecified atom stereocenters. The molecule has 0 atom stereocenters. The molecule has 0 aliphatic heterocycles. The molecule has 0 fully saturated rings. The first-order chi connectivity index (χ1) is 13.0. The maximum absolute atomic E-state index is 12.8. The van der Waals surface area contributed by atoms with Crippen LogP contribution in [0.3, 0.4) is 0 Å². The van der Waals surface area contributed by atoms with Crippen molar-refractivity contribution in [1.29, 1.82) is 0 Å². The van der Waals surface area contributed by atoms with Gasteiger partial charge in [0, 0.05) is 46.2 Å². The molecular formula is C18H23N7O2. The summed E-state index contributed by atoms with van der Waals surface area (Å²) >= 11 is 0. The molecule has 142 valence electrons. The van der Waals surface area contributed by atoms with Crippen molar-refractivity contribution in [1.82, 2.24) is 29.6 Å². The zero-order chi connectivity index (χ0) is 19.4. The van der Waals surface area contributed by atoms with Crippen molar-refractivity contribution in [3.63, 3.8) is 0 Å². The zero-order valence-electron chi connectivity index (χ0n) is 16.0. The van der Waals surface area contributed by atoms with E-state index in [1.165, 1.54) is 0 Å². The molecule has 3 rings (SSSR count). The van der Waals surface area contributed by atoms with E-state index in [-0.39, 0.29) is 5.91 Å². The molecule has 9 nitrogen and oxygen atoms in total. The van der Waals surface area contributed by atoms with Gasteiger partial charge in [0.1, 0.15) is 11.6 Å². The van der Waals surface area contributed by atoms with E-state index in [9.17, 15) is 4.79 Å². The Hall–Kier alpha value is -3.23. The average Bonchev–Trinajstić information content (AvgIpc) is 3.27. The summed E-state index contributed by atoms with van der Waals surface area (Å²) in [5, 5.41) is 3.88. The third-order valence-electron chi connectivity index (χ3n) is 4.26. The van der Waals surface area contributed by atoms with Crippen molar-refractivity contribution in [2.75, 3.05) is 18.5 Å². The standard InChI is InChI=1S/C18H23N7O2/c1-5-25(12-17-19-8-9-23(17)3)18(26)14-6-7-16(20-10-14)24(4)11-15-21-13(2)27-22-15/h6-10H,5,11-12H2,1-4H3. The van der Waals surface area contributed by atoms with Crippen LogP contribution >= 0.6 is 0 Å². The van der Waals surface area contributed by atoms with Gasteiger partial charge in [0.2, 0.25) is 5.89 Å². The Balaban J connectivity index is 1.67. The highest BCUT2D eigenvalue weighted by Gasteiger charge is 2.17. The molecule has 0 saturated carbocycles. The zero-order valence-corrected chi connectivity index (χ0v) is 16.0. The van der Waals surface area contributed by atoms with E-state index >= 15 is 0 Å². The number of aryl methyl sites for hydroxylation is 2. The number of amides is 1. The molecule has 27 heavy (non-hydrogen) atoms. The summed E-state index contributed by atoms with van der Waals surface area (Å²) < 4.78 is 6.89. The monoisotopic (exact) mass is 369 g/mol. The molecule has 3 aromatic heterocycles. The Morgan fingerprint density at radius 2 is 2.07 bits per heavy atom. The highest BCUT2D eigenvalue weighted by Crippen LogP contribution is 2.14. The Morgan fingerprint density at radius 1 is 1.26 bits per heavy atom. The first kappa shape index (κ1) is 18.6. The number of carbonyl (C=O) groups excluding carboxylic acids is 1. The first-order valence-corrected chi connectivity index (χ1v) is 8.69. The van der Waals surface area contributed by atoms with Gasteiger partial charge in [0.05, 0.1) is 18.7 Å². The summed E-state index contributed by atoms with van der Waals surface area (Å²) in [5.41, 5.74) is 0.540. The molecule has 3 heterocycles. The molecule has 3 aromatic rings. The molecule has 0 aliphatic rings. The minimum absolute atomic E-state index is 0.0732. The summed E-state index contributed by atoms with van der Waals surface area (Å²) in [7, 11) is 3.80. The normalized spacial score (nSPS) is 10.8. The molecule has 0 saturated heterocycles. The SMILES string of the molecule is CCN(Cc1nccn1C)C(=O)c1ccc(N(C)Cc2noc(C)n2)nc1. The molecular weight excluding hydrogens is 346 g/mol. The molecule has 0 spiro atoms. The predicted molar refractivity (Wildman–Crippen MR) is 99.0 cm³/mol. The summed E-state index contributed by atoms with van der Waals surface area (Å²) in [4.78, 5) is 29.3. The summed E-state index contributed by atoms with van der Waals surface area (Å²) in [6, 6.07) is 3.60. The second-order valence-corrected chi connectivity index (χ2v) is 6.26. The molecule has 0 aromatic carbocycles. The number of pyridine rings is 1. The van der Waals surface area contributed by atoms with E-state index in [1.807, 2.05) is 42.7 Å². The quantitative estimate of drug-likeness (QED) is 0.627. The van der Waals surface area contributed by atoms with Crippen molar-refractivity contribution in [2.24, 2.45) is 7.05 Å². The summed E-state index contributed by atoms with van der Waals surface area (Å²) in [6.45, 7) is 5.21. The number of hydrogen-bond acceptors (Lipinski definition) is 7. The Bertz CT molecular complexity index is 901. The van der Waals surface area contributed by atoms with E-state index in [4.69, 9.17) is 4.52 Å². The van der Waals surface area contributed by atoms with E-state index in [0.29, 0.717) is 36.9 Å². The number of rotatable bonds is 7. The van der Waals surface area contributed by atoms with Gasteiger partial charge in [-0.25, -0.2) is 9.97 Å². The van der Waals surface area contributed by atoms with Gasteiger partial charge in [0.15, 0.2) is 5.82 Å². The van der Waals surface area contributed by atoms with Crippen LogP contribution in [0.25, 0.3) is 0 Å². The van der Waals surface area contributed by atoms with Crippen LogP contribution in [-0.4, -0.2) is 49.1 Å². The second kappa shape index (κ2) is 7.98. The third-order valence-corrected chi connectivity index (χ3v) is 4.26. The van der Waals surface area contributed by atoms with E-state index in [2.05, 4.69) is 20.1 Å². The van der Waals surface area contributed by atoms with Crippen LogP contribution in [0.4, 0.5) is 5.82 Å². The van der Waals surface area contributed by atoms with Gasteiger partial charge in [-0.15, -0.1) is 0 Å². The minimum atomic E-state index is -0.0732. The van der Waals surface area contributed by atoms with Gasteiger partial charge >= 0.3 is 0 Å². The van der Waals surface area contributed by atoms with Gasteiger partial charge in [-0.3, -0.25) is 4.79 Å². The Kier molecular flexibility index (Phi) is 5.49. The Labute approximate surface area is 157 Å². The number of carbonyl (C=O) groups is 1. The van der Waals surface area contributed by atoms with Crippen LogP contribution in [0.1, 0.15) is 34.8 Å². The first-order valence-electron chi connectivity index (χ1n) is 8.69. The van der Waals surface area contributed by atoms with E-state index in [1.54, 1.807) is 30.3 Å². The van der Waals surface area contributed by atoms with Crippen LogP contribution in [0, 0.1) is 6.92 Å². The number of aromatic nitrogens is 5. The lowest BCUT2D eigenvalue weighted by Crippen LogP contribution is -2.31. The number of nitrogens with zero attached hydrogens (tertiary/aromatic N) is 7. The van der Waals surface area contributed by atoms with Gasteiger partial charge in [0.25, 0.3) is 5.91 Å². The van der Waals surface area contributed by atoms with Crippen molar-refractivity contribution < 1.29 is 9.32 Å². The molecule has 9 heteroatoms. The van der Waals surface area contributed by atoms with Crippen molar-refractivity contribution in [3.05, 3.63) is 53.8 Å². The van der Waals surface area contributed by atoms with Crippen LogP contribution in [0.2, 0.25) is 0 Å². The van der Waals surface area contributed by atoms with Crippen LogP contribution in [-0.2, 0) is 20.1 Å². The molecule has 0 N–H and O–H groups in total. The van der Waals surface area contributed by atoms with Crippen molar-refractivity contribution in [3.8, 4) is 0 Å². The third kappa shape index (κ3) is 4.30. The van der Waals surface area contributed by atoms with Gasteiger partial charge in [-0.2, -0.15) is 4.98 Å². The van der Waals surface area contributed by atoms with Crippen LogP contribution in [0.15, 0.2) is 35.2 Å². The van der Waals surface area contributed by atoms with Crippen molar-refractivity contribution in [2.45, 2.75) is 26.9 Å². The molecule has 0 bridgehead atoms. The fourth-order valence-corrected chi connectivity index (χ4v) is 2.67. The lowest BCUT2D eigenvalue weighted by Gasteiger charge is -2.21. The fourth-order valence-electron chi connectivity index (χ4n) is 2.67. The maximum atomic E-state index is 12.8. The maximum Gasteiger partial charge on any atom is 0.255 e. The minimum Gasteiger partial charge on any atom is -0.352 e. The van der Waals surface area contributed by atoms with Crippen LogP contribution < -0.4 is 4.90 Å². The van der Waals surface area contributed by atoms with Crippen LogP contribution in [0.5, 0.6) is 0 Å². The molecule has 1 amide bonds. The highest BCUT2D eigenvalue weighted by molar-refractivity contribution is 5.94. The number of anilines is 1. The topological polar surface area (TPSA) is 93.2 Å². The second-order valence-electron chi connectivity index (χ2n) is 6.26. The summed E-state index contributed by atoms with van der Waals surface area (Å²) in [5.74, 6) is 2.60. The van der Waals surface area contributed by atoms with E-state index in [0.717, 1.165) is 11.6 Å². The lowest BCUT2D eigenvalue weighted by molar-refractivity contribution is 0.0747. The smallest absolute Gasteiger partial charge is 0.255 e. The van der Waals surface area contributed by atoms with Gasteiger partial charge in [-0.05, 0) is 19.1 Å². The Morgan fingerprint density at radius 3 is 2.63 bits per heavy atom. The van der Waals surface area contributed by atoms with Crippen molar-refractivity contribution >= 4 is 11.7 Å². The van der Waals surface area contributed by atoms with Gasteiger partial charge in [-0.1, -0.05) is 5.16 Å². The predicted octanol–water partition coefficient (Wildman–Crippen LogP) is 1.81. The molecule has 0 aliphatic carbocycles. The fraction of sp³-hybridized carbons (Fsp3) is 0.389. The highest BCUT2D eigenvalue weighted by atomic mass is 16.5. The lowest BCUT2D eigenvalue weighted by atomic mass is 10.2. The average molecular weight is 369 g/mol. The summed E-state index contributed by atoms with van der Waals surface area (Å²) in [6.07, 6.45) is 5.19. The largest absolute Gasteiger partial charge is 0.352 e. The van der Waals surface area contributed by atoms with Gasteiger partial charge < -0.3 is 18.9 Å². The number of hydrogen-bond donors (Lipinski definition) is 0. The van der Waals surface area contributed by atoms with E-state index < -0.39 is 0 Å². The molecule has 0 radical (unpaired) electrons.